The molecule has 0 radical (unpaired) electrons. The van der Waals surface area contributed by atoms with E-state index >= 15 is 0 Å². The van der Waals surface area contributed by atoms with E-state index in [4.69, 9.17) is 22.8 Å². The Kier molecular flexibility index (Phi) is 3.92. The monoisotopic (exact) mass is 281 g/mol. The van der Waals surface area contributed by atoms with Crippen molar-refractivity contribution in [2.75, 3.05) is 47.6 Å². The summed E-state index contributed by atoms with van der Waals surface area (Å²) >= 11 is 0. The number of methoxy groups -OCH3 is 1. The zero-order valence-electron chi connectivity index (χ0n) is 11.0. The van der Waals surface area contributed by atoms with Gasteiger partial charge in [-0.25, -0.2) is 0 Å². The SMILES string of the molecule is COC(=O)CC(N(C)C)P12(OCCO1)OCCO2. The number of rotatable bonds is 4. The molecule has 7 nitrogen and oxygen atoms in total. The van der Waals surface area contributed by atoms with E-state index in [1.165, 1.54) is 7.11 Å². The first-order valence-electron chi connectivity index (χ1n) is 5.87. The van der Waals surface area contributed by atoms with E-state index in [2.05, 4.69) is 0 Å². The fourth-order valence-corrected chi connectivity index (χ4v) is 6.27. The summed E-state index contributed by atoms with van der Waals surface area (Å²) in [6.07, 6.45) is 0.112. The number of esters is 1. The minimum atomic E-state index is -3.65. The topological polar surface area (TPSA) is 66.5 Å². The van der Waals surface area contributed by atoms with E-state index in [-0.39, 0.29) is 12.4 Å². The summed E-state index contributed by atoms with van der Waals surface area (Å²) < 4.78 is 27.8. The molecule has 1 atom stereocenters. The summed E-state index contributed by atoms with van der Waals surface area (Å²) in [5, 5.41) is 0. The molecule has 0 aliphatic carbocycles. The fraction of sp³-hybridized carbons (Fsp3) is 0.900. The Hall–Kier alpha value is -0.300. The van der Waals surface area contributed by atoms with Crippen molar-refractivity contribution < 1.29 is 27.6 Å². The molecule has 18 heavy (non-hydrogen) atoms. The third-order valence-corrected chi connectivity index (χ3v) is 7.33. The van der Waals surface area contributed by atoms with Gasteiger partial charge in [0.1, 0.15) is 0 Å². The van der Waals surface area contributed by atoms with Crippen molar-refractivity contribution in [1.29, 1.82) is 0 Å². The van der Waals surface area contributed by atoms with Gasteiger partial charge in [-0.2, -0.15) is 0 Å². The van der Waals surface area contributed by atoms with Crippen molar-refractivity contribution in [2.24, 2.45) is 0 Å². The molecule has 106 valence electrons. The van der Waals surface area contributed by atoms with Gasteiger partial charge < -0.3 is 0 Å². The summed E-state index contributed by atoms with van der Waals surface area (Å²) in [4.78, 5) is 13.4. The predicted molar refractivity (Wildman–Crippen MR) is 64.8 cm³/mol. The molecule has 0 aromatic rings. The molecule has 1 unspecified atom stereocenters. The zero-order chi connectivity index (χ0) is 13.3. The number of hydrogen-bond donors (Lipinski definition) is 0. The van der Waals surface area contributed by atoms with Crippen molar-refractivity contribution in [3.63, 3.8) is 0 Å². The first-order valence-corrected chi connectivity index (χ1v) is 7.85. The van der Waals surface area contributed by atoms with E-state index in [0.717, 1.165) is 0 Å². The third-order valence-electron chi connectivity index (χ3n) is 3.12. The second kappa shape index (κ2) is 5.00. The van der Waals surface area contributed by atoms with Crippen LogP contribution in [-0.2, 0) is 27.6 Å². The Labute approximate surface area is 107 Å². The van der Waals surface area contributed by atoms with E-state index in [1.807, 2.05) is 19.0 Å². The van der Waals surface area contributed by atoms with Crippen LogP contribution in [0.3, 0.4) is 0 Å². The Bertz CT molecular complexity index is 301. The quantitative estimate of drug-likeness (QED) is 0.556. The van der Waals surface area contributed by atoms with Crippen molar-refractivity contribution in [1.82, 2.24) is 4.90 Å². The van der Waals surface area contributed by atoms with Gasteiger partial charge in [-0.05, 0) is 0 Å². The second-order valence-corrected chi connectivity index (χ2v) is 7.79. The molecule has 0 N–H and O–H groups in total. The Balaban J connectivity index is 2.29. The molecule has 0 aromatic carbocycles. The summed E-state index contributed by atoms with van der Waals surface area (Å²) in [7, 11) is 1.38. The first-order chi connectivity index (χ1) is 8.52. The molecule has 0 saturated carbocycles. The van der Waals surface area contributed by atoms with Gasteiger partial charge in [-0.3, -0.25) is 0 Å². The van der Waals surface area contributed by atoms with Gasteiger partial charge in [-0.15, -0.1) is 0 Å². The van der Waals surface area contributed by atoms with Gasteiger partial charge in [0.25, 0.3) is 0 Å². The Morgan fingerprint density at radius 2 is 1.61 bits per heavy atom. The fourth-order valence-electron chi connectivity index (χ4n) is 2.32. The number of ether oxygens (including phenoxy) is 1. The standard InChI is InChI=1S/C10H20NO6P/c1-11(2)9(8-10(12)13-3)18(14-4-5-15-18)16-6-7-17-18/h9H,4-8H2,1-3H3. The molecule has 2 saturated heterocycles. The van der Waals surface area contributed by atoms with Crippen LogP contribution in [0.2, 0.25) is 0 Å². The molecule has 0 bridgehead atoms. The van der Waals surface area contributed by atoms with Gasteiger partial charge in [0.2, 0.25) is 0 Å². The van der Waals surface area contributed by atoms with Crippen LogP contribution in [0.1, 0.15) is 6.42 Å². The number of carbonyl (C=O) groups excluding carboxylic acids is 1. The van der Waals surface area contributed by atoms with E-state index in [9.17, 15) is 4.79 Å². The molecule has 2 aliphatic heterocycles. The van der Waals surface area contributed by atoms with Crippen LogP contribution < -0.4 is 0 Å². The van der Waals surface area contributed by atoms with Crippen LogP contribution >= 0.6 is 7.51 Å². The number of nitrogens with zero attached hydrogens (tertiary/aromatic N) is 1. The van der Waals surface area contributed by atoms with Crippen molar-refractivity contribution >= 4 is 13.5 Å². The van der Waals surface area contributed by atoms with Gasteiger partial charge in [0.05, 0.1) is 0 Å². The van der Waals surface area contributed by atoms with Crippen LogP contribution in [0.4, 0.5) is 0 Å². The summed E-state index contributed by atoms with van der Waals surface area (Å²) in [5.74, 6) is -0.751. The minimum absolute atomic E-state index is 0.112. The second-order valence-electron chi connectivity index (χ2n) is 4.43. The normalized spacial score (nSPS) is 29.0. The van der Waals surface area contributed by atoms with Crippen molar-refractivity contribution in [2.45, 2.75) is 12.2 Å². The summed E-state index contributed by atoms with van der Waals surface area (Å²) in [6.45, 7) is 1.68. The van der Waals surface area contributed by atoms with Crippen molar-refractivity contribution in [3.05, 3.63) is 0 Å². The Morgan fingerprint density at radius 1 is 1.17 bits per heavy atom. The molecule has 2 rings (SSSR count). The van der Waals surface area contributed by atoms with E-state index < -0.39 is 13.3 Å². The number of carbonyl (C=O) groups is 1. The van der Waals surface area contributed by atoms with Crippen molar-refractivity contribution in [3.8, 4) is 0 Å². The summed E-state index contributed by atoms with van der Waals surface area (Å²) in [6, 6.07) is 0. The van der Waals surface area contributed by atoms with Crippen LogP contribution in [0, 0.1) is 0 Å². The zero-order valence-corrected chi connectivity index (χ0v) is 11.9. The van der Waals surface area contributed by atoms with Crippen LogP contribution in [0.15, 0.2) is 0 Å². The van der Waals surface area contributed by atoms with Gasteiger partial charge in [0, 0.05) is 0 Å². The molecule has 2 fully saturated rings. The van der Waals surface area contributed by atoms with Gasteiger partial charge in [-0.1, -0.05) is 0 Å². The summed E-state index contributed by atoms with van der Waals surface area (Å²) in [5.41, 5.74) is 0. The van der Waals surface area contributed by atoms with Crippen LogP contribution in [0.25, 0.3) is 0 Å². The van der Waals surface area contributed by atoms with Gasteiger partial charge in [0.15, 0.2) is 0 Å². The maximum atomic E-state index is 11.6. The average Bonchev–Trinajstić information content (AvgIpc) is 2.96. The number of hydrogen-bond acceptors (Lipinski definition) is 7. The predicted octanol–water partition coefficient (Wildman–Crippen LogP) is 0.744. The maximum absolute atomic E-state index is 11.6. The molecular formula is C10H20NO6P. The molecule has 2 heterocycles. The van der Waals surface area contributed by atoms with E-state index in [0.29, 0.717) is 26.4 Å². The van der Waals surface area contributed by atoms with Crippen LogP contribution in [0.5, 0.6) is 0 Å². The third kappa shape index (κ3) is 2.15. The molecule has 1 spiro atoms. The first kappa shape index (κ1) is 14.1. The Morgan fingerprint density at radius 3 is 1.94 bits per heavy atom. The molecule has 0 amide bonds. The molecule has 0 aromatic heterocycles. The molecule has 2 aliphatic rings. The van der Waals surface area contributed by atoms with Crippen LogP contribution in [-0.4, -0.2) is 64.3 Å². The van der Waals surface area contributed by atoms with E-state index in [1.54, 1.807) is 0 Å². The average molecular weight is 281 g/mol. The molecular weight excluding hydrogens is 261 g/mol. The van der Waals surface area contributed by atoms with Gasteiger partial charge >= 0.3 is 106 Å². The molecule has 8 heteroatoms.